The second kappa shape index (κ2) is 17.9. The molecule has 0 unspecified atom stereocenters. The number of thiophene rings is 1. The standard InChI is InChI=1S/C12H8S.C12H10.4Na.H2S.2H2.2H/c1-3-7-11-9(5-1)10-6-2-4-8-12(10)13-11;1-3-7-11(8-4-1)12-9-5-2-6-10-12;;;;;;;;;/h1-8H;1-10H;;;;;1H2;2*1H;;/q;;;;2*+1;;;;2*-1/i;;;;;;;1+1;;;. The number of hydrogen-bond acceptors (Lipinski definition) is 1. The fraction of sp³-hybridized carbons (Fsp3) is 0. The van der Waals surface area contributed by atoms with E-state index in [0.29, 0.717) is 0 Å². The molecule has 0 radical (unpaired) electrons. The fourth-order valence-electron chi connectivity index (χ4n) is 2.94. The molecule has 30 heavy (non-hydrogen) atoms. The van der Waals surface area contributed by atoms with Gasteiger partial charge in [0.05, 0.1) is 0 Å². The average molecular weight is 472 g/mol. The van der Waals surface area contributed by atoms with Crippen LogP contribution in [-0.4, -0.2) is 43.6 Å². The van der Waals surface area contributed by atoms with Gasteiger partial charge in [-0.15, -0.1) is 11.3 Å². The minimum atomic E-state index is 0. The van der Waals surface area contributed by atoms with E-state index in [9.17, 15) is 0 Å². The van der Waals surface area contributed by atoms with Gasteiger partial charge in [0.2, 0.25) is 0 Å². The monoisotopic (exact) mass is 471 g/mol. The summed E-state index contributed by atoms with van der Waals surface area (Å²) in [5.41, 5.74) is 2.55. The second-order valence-corrected chi connectivity index (χ2v) is 6.91. The fourth-order valence-corrected chi connectivity index (χ4v) is 4.04. The van der Waals surface area contributed by atoms with Crippen LogP contribution >= 0.6 is 24.8 Å². The summed E-state index contributed by atoms with van der Waals surface area (Å²) < 4.78 is 2.76. The van der Waals surface area contributed by atoms with E-state index in [1.807, 2.05) is 23.5 Å². The molecule has 0 bridgehead atoms. The van der Waals surface area contributed by atoms with Gasteiger partial charge < -0.3 is 2.85 Å². The van der Waals surface area contributed by atoms with Crippen molar-refractivity contribution < 1.29 is 64.8 Å². The third-order valence-corrected chi connectivity index (χ3v) is 5.32. The SMILES string of the molecule is S.[2HH].[H-].[H-].[HH].[Na+].[Na+].[Na][Na].c1ccc(-c2ccccc2)cc1.c1ccc2c(c1)sc1ccccc12. The molecule has 5 rings (SSSR count). The van der Waals surface area contributed by atoms with Gasteiger partial charge in [-0.3, -0.25) is 0 Å². The molecule has 0 aliphatic heterocycles. The molecular weight excluding hydrogens is 444 g/mol. The van der Waals surface area contributed by atoms with Gasteiger partial charge in [-0.05, 0) is 23.3 Å². The van der Waals surface area contributed by atoms with Crippen LogP contribution in [0.3, 0.4) is 0 Å². The van der Waals surface area contributed by atoms with Crippen molar-refractivity contribution in [3.05, 3.63) is 109 Å². The normalized spacial score (nSPS) is 8.93. The maximum atomic E-state index is 2.19. The molecule has 0 nitrogen and oxygen atoms in total. The Hall–Kier alpha value is 1.45. The van der Waals surface area contributed by atoms with Crippen LogP contribution in [0, 0.1) is 0 Å². The van der Waals surface area contributed by atoms with Crippen molar-refractivity contribution in [1.82, 2.24) is 0 Å². The van der Waals surface area contributed by atoms with Crippen LogP contribution in [0.25, 0.3) is 31.3 Å². The minimum absolute atomic E-state index is 0. The molecule has 0 spiro atoms. The molecule has 0 aliphatic carbocycles. The van der Waals surface area contributed by atoms with Crippen molar-refractivity contribution in [3.63, 3.8) is 0 Å². The van der Waals surface area contributed by atoms with Gasteiger partial charge in [0.15, 0.2) is 0 Å². The Kier molecular flexibility index (Phi) is 18.7. The van der Waals surface area contributed by atoms with Gasteiger partial charge in [-0.25, -0.2) is 0 Å². The Labute approximate surface area is 269 Å². The van der Waals surface area contributed by atoms with Gasteiger partial charge in [-0.2, -0.15) is 13.5 Å². The third-order valence-electron chi connectivity index (χ3n) is 4.17. The summed E-state index contributed by atoms with van der Waals surface area (Å²) in [5, 5.41) is 2.76. The van der Waals surface area contributed by atoms with E-state index >= 15 is 0 Å². The van der Waals surface area contributed by atoms with Crippen molar-refractivity contribution in [2.45, 2.75) is 0 Å². The molecule has 0 N–H and O–H groups in total. The van der Waals surface area contributed by atoms with Gasteiger partial charge in [0, 0.05) is 23.0 Å². The van der Waals surface area contributed by atoms with Gasteiger partial charge in [-0.1, -0.05) is 97.1 Å². The Morgan fingerprint density at radius 1 is 0.533 bits per heavy atom. The zero-order valence-corrected chi connectivity index (χ0v) is 28.1. The van der Waals surface area contributed by atoms with Crippen LogP contribution < -0.4 is 59.1 Å². The van der Waals surface area contributed by atoms with Crippen molar-refractivity contribution in [2.24, 2.45) is 0 Å². The number of hydrogen-bond donors (Lipinski definition) is 0. The van der Waals surface area contributed by atoms with Gasteiger partial charge in [0.25, 0.3) is 0 Å². The van der Waals surface area contributed by atoms with Crippen LogP contribution in [0.5, 0.6) is 0 Å². The summed E-state index contributed by atoms with van der Waals surface area (Å²) >= 11 is 4.75. The number of benzene rings is 4. The summed E-state index contributed by atoms with van der Waals surface area (Å²) in [6, 6.07) is 37.9. The number of rotatable bonds is 1. The largest absolute Gasteiger partial charge is 0.135 e. The topological polar surface area (TPSA) is 0 Å². The first-order valence-corrected chi connectivity index (χ1v) is 18.2. The summed E-state index contributed by atoms with van der Waals surface area (Å²) in [5.74, 6) is 0. The molecule has 0 amide bonds. The van der Waals surface area contributed by atoms with Crippen molar-refractivity contribution in [2.75, 3.05) is 0 Å². The Morgan fingerprint density at radius 2 is 0.833 bits per heavy atom. The number of fused-ring (bicyclic) bond motifs is 3. The Balaban J connectivity index is -0.000000129. The van der Waals surface area contributed by atoms with Gasteiger partial charge >= 0.3 is 103 Å². The zero-order chi connectivity index (χ0) is 18.9. The van der Waals surface area contributed by atoms with Crippen LogP contribution in [0.2, 0.25) is 0 Å². The summed E-state index contributed by atoms with van der Waals surface area (Å²) in [4.78, 5) is 0. The van der Waals surface area contributed by atoms with E-state index in [2.05, 4.69) is 97.1 Å². The summed E-state index contributed by atoms with van der Waals surface area (Å²) in [6.07, 6.45) is 0. The molecule has 5 aromatic rings. The van der Waals surface area contributed by atoms with Crippen molar-refractivity contribution in [3.8, 4) is 11.1 Å². The first-order valence-electron chi connectivity index (χ1n) is 9.38. The molecule has 4 aromatic carbocycles. The molecule has 138 valence electrons. The Morgan fingerprint density at radius 3 is 1.20 bits per heavy atom. The minimum Gasteiger partial charge on any atom is -0.135 e. The molecule has 1 heterocycles. The maximum absolute atomic E-state index is 2.19. The smallest absolute Gasteiger partial charge is 0.0355 e. The van der Waals surface area contributed by atoms with Crippen molar-refractivity contribution >= 4 is 88.6 Å². The van der Waals surface area contributed by atoms with Crippen molar-refractivity contribution in [1.29, 1.82) is 0 Å². The average Bonchev–Trinajstić information content (AvgIpc) is 3.16. The summed E-state index contributed by atoms with van der Waals surface area (Å²) in [7, 11) is 0. The van der Waals surface area contributed by atoms with E-state index in [0.717, 1.165) is 0 Å². The van der Waals surface area contributed by atoms with E-state index in [-0.39, 0.29) is 78.3 Å². The maximum Gasteiger partial charge on any atom is 0.0355 e. The zero-order valence-electron chi connectivity index (χ0n) is 20.3. The molecule has 0 atom stereocenters. The van der Waals surface area contributed by atoms with E-state index in [4.69, 9.17) is 0 Å². The van der Waals surface area contributed by atoms with Crippen LogP contribution in [0.15, 0.2) is 109 Å². The van der Waals surface area contributed by atoms with E-state index in [1.54, 1.807) is 0 Å². The molecular formula is C24H26Na4S2. The third kappa shape index (κ3) is 9.00. The van der Waals surface area contributed by atoms with Crippen LogP contribution in [0.1, 0.15) is 5.71 Å². The van der Waals surface area contributed by atoms with E-state index in [1.165, 1.54) is 74.9 Å². The molecule has 1 aromatic heterocycles. The Bertz CT molecular complexity index is 1030. The molecule has 6 heteroatoms. The molecule has 0 aliphatic rings. The molecule has 0 saturated carbocycles. The summed E-state index contributed by atoms with van der Waals surface area (Å²) in [6.45, 7) is 0. The first kappa shape index (κ1) is 31.5. The van der Waals surface area contributed by atoms with Gasteiger partial charge in [0.1, 0.15) is 0 Å². The first-order chi connectivity index (χ1) is 13.4. The molecule has 0 fully saturated rings. The van der Waals surface area contributed by atoms with Crippen LogP contribution in [-0.2, 0) is 0 Å². The predicted octanol–water partition coefficient (Wildman–Crippen LogP) is 1.48. The quantitative estimate of drug-likeness (QED) is 0.325. The van der Waals surface area contributed by atoms with Crippen LogP contribution in [0.4, 0.5) is 0 Å². The second-order valence-electron chi connectivity index (χ2n) is 5.83. The molecule has 0 saturated heterocycles. The van der Waals surface area contributed by atoms with E-state index < -0.39 is 0 Å². The predicted molar refractivity (Wildman–Crippen MR) is 140 cm³/mol.